The molecule has 1 amide bonds. The molecule has 2 rings (SSSR count). The highest BCUT2D eigenvalue weighted by atomic mass is 16.5. The standard InChI is InChI=1S/C17H21N3O4/c1-23-15-5-2-13(3-6-15)17(22)20-14-4-7-16(19-12-14)18-8-10-24-11-9-21/h2-7,12,21H,8-11H2,1H3,(H,18,19)(H,20,22). The molecular formula is C17H21N3O4. The summed E-state index contributed by atoms with van der Waals surface area (Å²) in [7, 11) is 1.58. The van der Waals surface area contributed by atoms with E-state index in [-0.39, 0.29) is 12.5 Å². The summed E-state index contributed by atoms with van der Waals surface area (Å²) in [5.41, 5.74) is 1.15. The van der Waals surface area contributed by atoms with Gasteiger partial charge in [0.15, 0.2) is 0 Å². The molecule has 1 aromatic heterocycles. The predicted molar refractivity (Wildman–Crippen MR) is 91.6 cm³/mol. The second kappa shape index (κ2) is 9.49. The second-order valence-electron chi connectivity index (χ2n) is 4.88. The lowest BCUT2D eigenvalue weighted by atomic mass is 10.2. The Morgan fingerprint density at radius 1 is 1.17 bits per heavy atom. The monoisotopic (exact) mass is 331 g/mol. The third kappa shape index (κ3) is 5.53. The maximum Gasteiger partial charge on any atom is 0.255 e. The van der Waals surface area contributed by atoms with Gasteiger partial charge in [-0.25, -0.2) is 4.98 Å². The van der Waals surface area contributed by atoms with Crippen molar-refractivity contribution in [2.24, 2.45) is 0 Å². The van der Waals surface area contributed by atoms with Gasteiger partial charge in [0.25, 0.3) is 5.91 Å². The summed E-state index contributed by atoms with van der Waals surface area (Å²) in [4.78, 5) is 16.4. The van der Waals surface area contributed by atoms with Crippen molar-refractivity contribution in [1.82, 2.24) is 4.98 Å². The predicted octanol–water partition coefficient (Wildman–Crippen LogP) is 1.76. The Labute approximate surface area is 140 Å². The fourth-order valence-electron chi connectivity index (χ4n) is 1.94. The molecule has 1 heterocycles. The van der Waals surface area contributed by atoms with Crippen LogP contribution in [0.4, 0.5) is 11.5 Å². The molecule has 0 radical (unpaired) electrons. The lowest BCUT2D eigenvalue weighted by Crippen LogP contribution is -2.13. The zero-order valence-corrected chi connectivity index (χ0v) is 13.5. The van der Waals surface area contributed by atoms with E-state index < -0.39 is 0 Å². The summed E-state index contributed by atoms with van der Waals surface area (Å²) in [5.74, 6) is 1.18. The van der Waals surface area contributed by atoms with Crippen molar-refractivity contribution in [1.29, 1.82) is 0 Å². The van der Waals surface area contributed by atoms with Crippen LogP contribution in [0.5, 0.6) is 5.75 Å². The van der Waals surface area contributed by atoms with Gasteiger partial charge in [-0.05, 0) is 36.4 Å². The van der Waals surface area contributed by atoms with Gasteiger partial charge < -0.3 is 25.2 Å². The van der Waals surface area contributed by atoms with Crippen molar-refractivity contribution in [2.45, 2.75) is 0 Å². The topological polar surface area (TPSA) is 92.7 Å². The number of nitrogens with zero attached hydrogens (tertiary/aromatic N) is 1. The Morgan fingerprint density at radius 2 is 1.96 bits per heavy atom. The summed E-state index contributed by atoms with van der Waals surface area (Å²) < 4.78 is 10.2. The Kier molecular flexibility index (Phi) is 7.00. The van der Waals surface area contributed by atoms with E-state index in [9.17, 15) is 4.79 Å². The summed E-state index contributed by atoms with van der Waals surface area (Å²) in [6.45, 7) is 1.41. The molecule has 0 aliphatic rings. The van der Waals surface area contributed by atoms with Crippen LogP contribution >= 0.6 is 0 Å². The number of nitrogens with one attached hydrogen (secondary N) is 2. The maximum absolute atomic E-state index is 12.1. The first-order valence-corrected chi connectivity index (χ1v) is 7.57. The Hall–Kier alpha value is -2.64. The van der Waals surface area contributed by atoms with Gasteiger partial charge in [0.1, 0.15) is 11.6 Å². The van der Waals surface area contributed by atoms with Gasteiger partial charge in [0, 0.05) is 12.1 Å². The number of aliphatic hydroxyl groups is 1. The average Bonchev–Trinajstić information content (AvgIpc) is 2.63. The van der Waals surface area contributed by atoms with Crippen LogP contribution in [0, 0.1) is 0 Å². The van der Waals surface area contributed by atoms with Crippen LogP contribution in [-0.2, 0) is 4.74 Å². The molecule has 0 saturated carbocycles. The minimum absolute atomic E-state index is 0.0147. The van der Waals surface area contributed by atoms with Crippen LogP contribution < -0.4 is 15.4 Å². The fraction of sp³-hybridized carbons (Fsp3) is 0.294. The summed E-state index contributed by atoms with van der Waals surface area (Å²) >= 11 is 0. The summed E-state index contributed by atoms with van der Waals surface area (Å²) in [5, 5.41) is 14.5. The molecule has 7 nitrogen and oxygen atoms in total. The number of anilines is 2. The largest absolute Gasteiger partial charge is 0.497 e. The van der Waals surface area contributed by atoms with Gasteiger partial charge in [-0.1, -0.05) is 0 Å². The first-order valence-electron chi connectivity index (χ1n) is 7.57. The number of pyridine rings is 1. The third-order valence-corrected chi connectivity index (χ3v) is 3.16. The van der Waals surface area contributed by atoms with E-state index in [0.717, 1.165) is 0 Å². The SMILES string of the molecule is COc1ccc(C(=O)Nc2ccc(NCCOCCO)nc2)cc1. The van der Waals surface area contributed by atoms with Gasteiger partial charge in [-0.3, -0.25) is 4.79 Å². The van der Waals surface area contributed by atoms with Gasteiger partial charge in [-0.15, -0.1) is 0 Å². The normalized spacial score (nSPS) is 10.2. The number of aromatic nitrogens is 1. The molecule has 0 bridgehead atoms. The number of benzene rings is 1. The zero-order valence-electron chi connectivity index (χ0n) is 13.5. The molecule has 0 aliphatic heterocycles. The number of ether oxygens (including phenoxy) is 2. The maximum atomic E-state index is 12.1. The molecule has 128 valence electrons. The van der Waals surface area contributed by atoms with Crippen LogP contribution in [-0.4, -0.2) is 49.5 Å². The van der Waals surface area contributed by atoms with Gasteiger partial charge in [0.05, 0.1) is 38.8 Å². The number of hydrogen-bond donors (Lipinski definition) is 3. The Bertz CT molecular complexity index is 629. The minimum atomic E-state index is -0.211. The van der Waals surface area contributed by atoms with Crippen LogP contribution in [0.3, 0.4) is 0 Å². The van der Waals surface area contributed by atoms with Gasteiger partial charge in [-0.2, -0.15) is 0 Å². The van der Waals surface area contributed by atoms with Crippen molar-refractivity contribution in [3.8, 4) is 5.75 Å². The quantitative estimate of drug-likeness (QED) is 0.606. The second-order valence-corrected chi connectivity index (χ2v) is 4.88. The first-order chi connectivity index (χ1) is 11.7. The molecule has 1 aromatic carbocycles. The van der Waals surface area contributed by atoms with Crippen molar-refractivity contribution in [3.63, 3.8) is 0 Å². The molecule has 0 saturated heterocycles. The molecular weight excluding hydrogens is 310 g/mol. The number of hydrogen-bond acceptors (Lipinski definition) is 6. The van der Waals surface area contributed by atoms with Crippen LogP contribution in [0.25, 0.3) is 0 Å². The van der Waals surface area contributed by atoms with Crippen molar-refractivity contribution < 1.29 is 19.4 Å². The molecule has 24 heavy (non-hydrogen) atoms. The van der Waals surface area contributed by atoms with E-state index in [4.69, 9.17) is 14.6 Å². The first kappa shape index (κ1) is 17.7. The molecule has 7 heteroatoms. The fourth-order valence-corrected chi connectivity index (χ4v) is 1.94. The molecule has 0 aliphatic carbocycles. The van der Waals surface area contributed by atoms with E-state index in [1.807, 2.05) is 0 Å². The number of rotatable bonds is 9. The molecule has 2 aromatic rings. The zero-order chi connectivity index (χ0) is 17.2. The van der Waals surface area contributed by atoms with E-state index in [1.165, 1.54) is 0 Å². The molecule has 0 unspecified atom stereocenters. The summed E-state index contributed by atoms with van der Waals surface area (Å²) in [6, 6.07) is 10.4. The van der Waals surface area contributed by atoms with E-state index in [1.54, 1.807) is 49.7 Å². The van der Waals surface area contributed by atoms with Crippen LogP contribution in [0.1, 0.15) is 10.4 Å². The van der Waals surface area contributed by atoms with Gasteiger partial charge >= 0.3 is 0 Å². The van der Waals surface area contributed by atoms with Crippen molar-refractivity contribution in [3.05, 3.63) is 48.2 Å². The van der Waals surface area contributed by atoms with Crippen LogP contribution in [0.2, 0.25) is 0 Å². The number of aliphatic hydroxyl groups excluding tert-OH is 1. The van der Waals surface area contributed by atoms with E-state index in [0.29, 0.717) is 42.6 Å². The summed E-state index contributed by atoms with van der Waals surface area (Å²) in [6.07, 6.45) is 1.58. The Balaban J connectivity index is 1.83. The van der Waals surface area contributed by atoms with Gasteiger partial charge in [0.2, 0.25) is 0 Å². The molecule has 0 spiro atoms. The van der Waals surface area contributed by atoms with Crippen molar-refractivity contribution in [2.75, 3.05) is 44.1 Å². The molecule has 3 N–H and O–H groups in total. The molecule has 0 atom stereocenters. The lowest BCUT2D eigenvalue weighted by molar-refractivity contribution is 0.0992. The Morgan fingerprint density at radius 3 is 2.58 bits per heavy atom. The lowest BCUT2D eigenvalue weighted by Gasteiger charge is -2.08. The third-order valence-electron chi connectivity index (χ3n) is 3.16. The number of amides is 1. The highest BCUT2D eigenvalue weighted by Crippen LogP contribution is 2.14. The average molecular weight is 331 g/mol. The number of carbonyl (C=O) groups is 1. The number of carbonyl (C=O) groups excluding carboxylic acids is 1. The smallest absolute Gasteiger partial charge is 0.255 e. The number of methoxy groups -OCH3 is 1. The van der Waals surface area contributed by atoms with E-state index >= 15 is 0 Å². The van der Waals surface area contributed by atoms with Crippen LogP contribution in [0.15, 0.2) is 42.6 Å². The van der Waals surface area contributed by atoms with E-state index in [2.05, 4.69) is 15.6 Å². The molecule has 0 fully saturated rings. The highest BCUT2D eigenvalue weighted by molar-refractivity contribution is 6.04. The minimum Gasteiger partial charge on any atom is -0.497 e. The van der Waals surface area contributed by atoms with Crippen molar-refractivity contribution >= 4 is 17.4 Å². The highest BCUT2D eigenvalue weighted by Gasteiger charge is 2.06.